The van der Waals surface area contributed by atoms with Crippen molar-refractivity contribution >= 4 is 27.4 Å². The van der Waals surface area contributed by atoms with Crippen molar-refractivity contribution in [3.8, 4) is 5.69 Å². The molecule has 3 rings (SSSR count). The molecule has 0 fully saturated rings. The van der Waals surface area contributed by atoms with Crippen LogP contribution in [0.15, 0.2) is 23.7 Å². The lowest BCUT2D eigenvalue weighted by atomic mass is 10.3. The molecule has 0 unspecified atom stereocenters. The summed E-state index contributed by atoms with van der Waals surface area (Å²) in [5, 5.41) is 7.84. The van der Waals surface area contributed by atoms with Crippen molar-refractivity contribution in [2.24, 2.45) is 0 Å². The van der Waals surface area contributed by atoms with Crippen LogP contribution in [0.4, 0.5) is 5.82 Å². The molecule has 0 radical (unpaired) electrons. The van der Waals surface area contributed by atoms with Crippen LogP contribution in [0.5, 0.6) is 0 Å². The van der Waals surface area contributed by atoms with Crippen molar-refractivity contribution < 1.29 is 0 Å². The molecule has 0 aliphatic carbocycles. The first-order chi connectivity index (χ1) is 7.75. The van der Waals surface area contributed by atoms with Crippen molar-refractivity contribution in [1.82, 2.24) is 20.0 Å². The van der Waals surface area contributed by atoms with E-state index < -0.39 is 0 Å². The van der Waals surface area contributed by atoms with Gasteiger partial charge in [-0.05, 0) is 25.1 Å². The predicted molar refractivity (Wildman–Crippen MR) is 63.7 cm³/mol. The first-order valence-corrected chi connectivity index (χ1v) is 5.65. The molecular formula is C10H9N5S. The molecule has 0 aliphatic heterocycles. The van der Waals surface area contributed by atoms with Crippen LogP contribution in [0.3, 0.4) is 0 Å². The Kier molecular flexibility index (Phi) is 1.90. The Hall–Kier alpha value is -1.95. The van der Waals surface area contributed by atoms with E-state index >= 15 is 0 Å². The van der Waals surface area contributed by atoms with Gasteiger partial charge in [0.05, 0.1) is 27.1 Å². The average molecular weight is 231 g/mol. The highest BCUT2D eigenvalue weighted by molar-refractivity contribution is 7.16. The fourth-order valence-electron chi connectivity index (χ4n) is 1.56. The summed E-state index contributed by atoms with van der Waals surface area (Å²) in [6.45, 7) is 1.90. The highest BCUT2D eigenvalue weighted by Gasteiger charge is 2.07. The molecule has 0 aliphatic rings. The van der Waals surface area contributed by atoms with E-state index in [0.717, 1.165) is 21.6 Å². The Bertz CT molecular complexity index is 654. The number of rotatable bonds is 1. The summed E-state index contributed by atoms with van der Waals surface area (Å²) in [6.07, 6.45) is 0. The summed E-state index contributed by atoms with van der Waals surface area (Å²) < 4.78 is 2.86. The molecule has 1 aromatic carbocycles. The maximum atomic E-state index is 5.67. The number of aromatic nitrogens is 4. The van der Waals surface area contributed by atoms with Crippen LogP contribution >= 0.6 is 11.3 Å². The molecule has 2 aromatic heterocycles. The van der Waals surface area contributed by atoms with E-state index in [0.29, 0.717) is 5.82 Å². The Labute approximate surface area is 95.5 Å². The van der Waals surface area contributed by atoms with Gasteiger partial charge in [0, 0.05) is 0 Å². The number of thiazole rings is 1. The van der Waals surface area contributed by atoms with Gasteiger partial charge in [0.25, 0.3) is 0 Å². The molecule has 80 valence electrons. The monoisotopic (exact) mass is 231 g/mol. The number of fused-ring (bicyclic) bond motifs is 1. The van der Waals surface area contributed by atoms with Crippen molar-refractivity contribution in [3.63, 3.8) is 0 Å². The van der Waals surface area contributed by atoms with Gasteiger partial charge in [0.15, 0.2) is 5.82 Å². The van der Waals surface area contributed by atoms with Crippen molar-refractivity contribution in [3.05, 3.63) is 29.4 Å². The van der Waals surface area contributed by atoms with Crippen LogP contribution in [0.1, 0.15) is 5.69 Å². The zero-order valence-corrected chi connectivity index (χ0v) is 9.40. The second kappa shape index (κ2) is 3.28. The smallest absolute Gasteiger partial charge is 0.169 e. The molecule has 0 bridgehead atoms. The number of nitrogens with two attached hydrogens (primary N) is 1. The van der Waals surface area contributed by atoms with Gasteiger partial charge in [-0.2, -0.15) is 0 Å². The maximum Gasteiger partial charge on any atom is 0.169 e. The van der Waals surface area contributed by atoms with Gasteiger partial charge in [-0.1, -0.05) is 5.21 Å². The van der Waals surface area contributed by atoms with Gasteiger partial charge < -0.3 is 5.73 Å². The lowest BCUT2D eigenvalue weighted by Gasteiger charge is -2.02. The third kappa shape index (κ3) is 1.27. The normalized spacial score (nSPS) is 11.1. The van der Waals surface area contributed by atoms with Crippen LogP contribution in [0, 0.1) is 6.92 Å². The summed E-state index contributed by atoms with van der Waals surface area (Å²) in [7, 11) is 0. The fraction of sp³-hybridized carbons (Fsp3) is 0.100. The Morgan fingerprint density at radius 2 is 2.25 bits per heavy atom. The van der Waals surface area contributed by atoms with E-state index in [1.807, 2.05) is 30.6 Å². The SMILES string of the molecule is Cc1c(N)nnn1-c1ccc2ncsc2c1. The Morgan fingerprint density at radius 3 is 3.00 bits per heavy atom. The van der Waals surface area contributed by atoms with E-state index in [2.05, 4.69) is 15.3 Å². The summed E-state index contributed by atoms with van der Waals surface area (Å²) >= 11 is 1.60. The number of nitrogens with zero attached hydrogens (tertiary/aromatic N) is 4. The zero-order chi connectivity index (χ0) is 11.1. The van der Waals surface area contributed by atoms with Crippen LogP contribution < -0.4 is 5.73 Å². The van der Waals surface area contributed by atoms with Gasteiger partial charge in [0.2, 0.25) is 0 Å². The molecule has 16 heavy (non-hydrogen) atoms. The van der Waals surface area contributed by atoms with Crippen molar-refractivity contribution in [2.45, 2.75) is 6.92 Å². The van der Waals surface area contributed by atoms with Gasteiger partial charge in [-0.25, -0.2) is 9.67 Å². The largest absolute Gasteiger partial charge is 0.381 e. The van der Waals surface area contributed by atoms with Crippen LogP contribution in [0.25, 0.3) is 15.9 Å². The number of hydrogen-bond acceptors (Lipinski definition) is 5. The minimum absolute atomic E-state index is 0.462. The van der Waals surface area contributed by atoms with Crippen LogP contribution in [-0.4, -0.2) is 20.0 Å². The number of anilines is 1. The molecule has 0 amide bonds. The molecular weight excluding hydrogens is 222 g/mol. The van der Waals surface area contributed by atoms with E-state index in [-0.39, 0.29) is 0 Å². The van der Waals surface area contributed by atoms with Gasteiger partial charge >= 0.3 is 0 Å². The summed E-state index contributed by atoms with van der Waals surface area (Å²) in [5.74, 6) is 0.462. The minimum Gasteiger partial charge on any atom is -0.381 e. The first-order valence-electron chi connectivity index (χ1n) is 4.77. The second-order valence-electron chi connectivity index (χ2n) is 3.48. The third-order valence-corrected chi connectivity index (χ3v) is 3.28. The highest BCUT2D eigenvalue weighted by atomic mass is 32.1. The van der Waals surface area contributed by atoms with Crippen molar-refractivity contribution in [2.75, 3.05) is 5.73 Å². The fourth-order valence-corrected chi connectivity index (χ4v) is 2.27. The van der Waals surface area contributed by atoms with Crippen molar-refractivity contribution in [1.29, 1.82) is 0 Å². The molecule has 3 aromatic rings. The summed E-state index contributed by atoms with van der Waals surface area (Å²) in [4.78, 5) is 4.23. The summed E-state index contributed by atoms with van der Waals surface area (Å²) in [6, 6.07) is 5.97. The molecule has 0 saturated heterocycles. The topological polar surface area (TPSA) is 69.6 Å². The molecule has 2 heterocycles. The summed E-state index contributed by atoms with van der Waals surface area (Å²) in [5.41, 5.74) is 10.3. The average Bonchev–Trinajstić information content (AvgIpc) is 2.86. The molecule has 0 spiro atoms. The molecule has 2 N–H and O–H groups in total. The Morgan fingerprint density at radius 1 is 1.38 bits per heavy atom. The minimum atomic E-state index is 0.462. The lowest BCUT2D eigenvalue weighted by molar-refractivity contribution is 0.786. The van der Waals surface area contributed by atoms with Crippen LogP contribution in [-0.2, 0) is 0 Å². The quantitative estimate of drug-likeness (QED) is 0.693. The number of nitrogen functional groups attached to an aromatic ring is 1. The van der Waals surface area contributed by atoms with Gasteiger partial charge in [0.1, 0.15) is 0 Å². The maximum absolute atomic E-state index is 5.67. The van der Waals surface area contributed by atoms with E-state index in [4.69, 9.17) is 5.73 Å². The third-order valence-electron chi connectivity index (χ3n) is 2.49. The number of benzene rings is 1. The Balaban J connectivity index is 2.21. The molecule has 6 heteroatoms. The first kappa shape index (κ1) is 9.29. The second-order valence-corrected chi connectivity index (χ2v) is 4.36. The standard InChI is InChI=1S/C10H9N5S/c1-6-10(11)13-14-15(6)7-2-3-8-9(4-7)16-5-12-8/h2-5H,11H2,1H3. The molecule has 5 nitrogen and oxygen atoms in total. The van der Waals surface area contributed by atoms with Gasteiger partial charge in [-0.3, -0.25) is 0 Å². The predicted octanol–water partition coefficient (Wildman–Crippen LogP) is 1.77. The highest BCUT2D eigenvalue weighted by Crippen LogP contribution is 2.22. The van der Waals surface area contributed by atoms with E-state index in [9.17, 15) is 0 Å². The van der Waals surface area contributed by atoms with E-state index in [1.54, 1.807) is 16.0 Å². The lowest BCUT2D eigenvalue weighted by Crippen LogP contribution is -1.99. The number of hydrogen-bond donors (Lipinski definition) is 1. The van der Waals surface area contributed by atoms with Crippen LogP contribution in [0.2, 0.25) is 0 Å². The zero-order valence-electron chi connectivity index (χ0n) is 8.58. The molecule has 0 atom stereocenters. The molecule has 0 saturated carbocycles. The van der Waals surface area contributed by atoms with E-state index in [1.165, 1.54) is 0 Å². The van der Waals surface area contributed by atoms with Gasteiger partial charge in [-0.15, -0.1) is 16.4 Å².